The summed E-state index contributed by atoms with van der Waals surface area (Å²) >= 11 is 0. The number of benzene rings is 2. The molecule has 1 aromatic heterocycles. The lowest BCUT2D eigenvalue weighted by atomic mass is 10.1. The molecule has 7 nitrogen and oxygen atoms in total. The van der Waals surface area contributed by atoms with Gasteiger partial charge in [0, 0.05) is 12.4 Å². The number of halogens is 2. The van der Waals surface area contributed by atoms with Gasteiger partial charge in [-0.05, 0) is 17.7 Å². The maximum atomic E-state index is 13.4. The number of hydrogen-bond donors (Lipinski definition) is 2. The van der Waals surface area contributed by atoms with Crippen molar-refractivity contribution in [3.05, 3.63) is 58.9 Å². The third kappa shape index (κ3) is 2.10. The Morgan fingerprint density at radius 1 is 0.885 bits per heavy atom. The van der Waals surface area contributed by atoms with Crippen LogP contribution in [-0.2, 0) is 6.54 Å². The Hall–Kier alpha value is -3.62. The molecule has 130 valence electrons. The zero-order valence-corrected chi connectivity index (χ0v) is 12.9. The van der Waals surface area contributed by atoms with Crippen LogP contribution in [0.5, 0.6) is 11.5 Å². The van der Waals surface area contributed by atoms with Crippen LogP contribution in [0.2, 0.25) is 0 Å². The molecule has 0 spiro atoms. The molecule has 0 saturated heterocycles. The van der Waals surface area contributed by atoms with E-state index in [9.17, 15) is 28.6 Å². The van der Waals surface area contributed by atoms with E-state index < -0.39 is 46.1 Å². The summed E-state index contributed by atoms with van der Waals surface area (Å²) in [5.41, 5.74) is -0.886. The molecule has 1 aliphatic rings. The van der Waals surface area contributed by atoms with Crippen LogP contribution in [0.3, 0.4) is 0 Å². The highest BCUT2D eigenvalue weighted by atomic mass is 19.2. The normalized spacial score (nSPS) is 13.5. The molecule has 0 bridgehead atoms. The van der Waals surface area contributed by atoms with E-state index in [0.717, 1.165) is 17.0 Å². The summed E-state index contributed by atoms with van der Waals surface area (Å²) in [6.45, 7) is -0.361. The Labute approximate surface area is 144 Å². The van der Waals surface area contributed by atoms with Gasteiger partial charge in [0.05, 0.1) is 6.54 Å². The first-order valence-corrected chi connectivity index (χ1v) is 7.39. The molecule has 2 amide bonds. The number of fused-ring (bicyclic) bond motifs is 2. The zero-order chi connectivity index (χ0) is 18.6. The quantitative estimate of drug-likeness (QED) is 0.538. The maximum absolute atomic E-state index is 13.4. The number of aromatic hydroxyl groups is 2. The molecule has 3 aromatic rings. The Morgan fingerprint density at radius 2 is 1.42 bits per heavy atom. The maximum Gasteiger partial charge on any atom is 0.265 e. The highest BCUT2D eigenvalue weighted by molar-refractivity contribution is 6.26. The van der Waals surface area contributed by atoms with Gasteiger partial charge in [0.1, 0.15) is 22.2 Å². The summed E-state index contributed by atoms with van der Waals surface area (Å²) in [5.74, 6) is -5.09. The van der Waals surface area contributed by atoms with Gasteiger partial charge < -0.3 is 10.2 Å². The first-order valence-electron chi connectivity index (χ1n) is 7.39. The van der Waals surface area contributed by atoms with Crippen molar-refractivity contribution < 1.29 is 28.6 Å². The van der Waals surface area contributed by atoms with Gasteiger partial charge in [-0.1, -0.05) is 6.07 Å². The summed E-state index contributed by atoms with van der Waals surface area (Å²) in [5, 5.41) is 20.6. The fraction of sp³-hybridized carbons (Fsp3) is 0.0588. The van der Waals surface area contributed by atoms with E-state index in [2.05, 4.69) is 9.97 Å². The second-order valence-electron chi connectivity index (χ2n) is 5.65. The number of imide groups is 1. The molecule has 4 rings (SSSR count). The second-order valence-corrected chi connectivity index (χ2v) is 5.65. The number of rotatable bonds is 2. The standard InChI is InChI=1S/C17H9F2N3O4/c18-8-2-1-7(5-9(8)19)6-22-16(25)10-11(17(22)26)15(24)13-12(14(10)23)20-3-4-21-13/h1-5,23-24H,6H2. The number of carbonyl (C=O) groups is 2. The summed E-state index contributed by atoms with van der Waals surface area (Å²) in [6.07, 6.45) is 2.52. The van der Waals surface area contributed by atoms with Crippen LogP contribution < -0.4 is 0 Å². The second kappa shape index (κ2) is 5.45. The molecule has 0 aliphatic carbocycles. The van der Waals surface area contributed by atoms with Crippen LogP contribution in [0.25, 0.3) is 11.0 Å². The van der Waals surface area contributed by atoms with Gasteiger partial charge in [-0.15, -0.1) is 0 Å². The van der Waals surface area contributed by atoms with Crippen molar-refractivity contribution in [3.8, 4) is 11.5 Å². The predicted molar refractivity (Wildman–Crippen MR) is 83.4 cm³/mol. The van der Waals surface area contributed by atoms with Crippen LogP contribution in [0, 0.1) is 11.6 Å². The first kappa shape index (κ1) is 15.9. The van der Waals surface area contributed by atoms with Crippen LogP contribution in [0.15, 0.2) is 30.6 Å². The number of amides is 2. The lowest BCUT2D eigenvalue weighted by molar-refractivity contribution is 0.0641. The van der Waals surface area contributed by atoms with Gasteiger partial charge in [0.2, 0.25) is 0 Å². The van der Waals surface area contributed by atoms with Crippen molar-refractivity contribution in [2.75, 3.05) is 0 Å². The molecule has 0 atom stereocenters. The highest BCUT2D eigenvalue weighted by Gasteiger charge is 2.42. The Kier molecular flexibility index (Phi) is 3.33. The molecular weight excluding hydrogens is 348 g/mol. The van der Waals surface area contributed by atoms with Crippen molar-refractivity contribution in [2.45, 2.75) is 6.54 Å². The van der Waals surface area contributed by atoms with Crippen molar-refractivity contribution in [1.29, 1.82) is 0 Å². The monoisotopic (exact) mass is 357 g/mol. The minimum absolute atomic E-state index is 0.125. The third-order valence-corrected chi connectivity index (χ3v) is 4.11. The Morgan fingerprint density at radius 3 is 1.92 bits per heavy atom. The first-order chi connectivity index (χ1) is 12.4. The van der Waals surface area contributed by atoms with E-state index in [1.807, 2.05) is 0 Å². The lowest BCUT2D eigenvalue weighted by Gasteiger charge is -2.13. The SMILES string of the molecule is O=C1c2c(c(O)c3nccnc3c2O)C(=O)N1Cc1ccc(F)c(F)c1. The Bertz CT molecular complexity index is 1060. The van der Waals surface area contributed by atoms with Crippen LogP contribution in [-0.4, -0.2) is 36.9 Å². The molecule has 2 aromatic carbocycles. The number of phenolic OH excluding ortho intramolecular Hbond substituents is 2. The molecule has 26 heavy (non-hydrogen) atoms. The molecule has 0 saturated carbocycles. The van der Waals surface area contributed by atoms with Crippen molar-refractivity contribution >= 4 is 22.8 Å². The Balaban J connectivity index is 1.83. The topological polar surface area (TPSA) is 104 Å². The van der Waals surface area contributed by atoms with Gasteiger partial charge in [-0.3, -0.25) is 14.5 Å². The predicted octanol–water partition coefficient (Wildman–Crippen LogP) is 2.12. The van der Waals surface area contributed by atoms with Crippen molar-refractivity contribution in [3.63, 3.8) is 0 Å². The molecular formula is C17H9F2N3O4. The molecule has 0 unspecified atom stereocenters. The summed E-state index contributed by atoms with van der Waals surface area (Å²) in [4.78, 5) is 33.6. The van der Waals surface area contributed by atoms with Gasteiger partial charge in [0.15, 0.2) is 23.1 Å². The van der Waals surface area contributed by atoms with Gasteiger partial charge in [0.25, 0.3) is 11.8 Å². The molecule has 0 radical (unpaired) electrons. The van der Waals surface area contributed by atoms with E-state index >= 15 is 0 Å². The molecule has 2 N–H and O–H groups in total. The van der Waals surface area contributed by atoms with Crippen molar-refractivity contribution in [1.82, 2.24) is 14.9 Å². The van der Waals surface area contributed by atoms with E-state index in [1.165, 1.54) is 18.5 Å². The van der Waals surface area contributed by atoms with Crippen molar-refractivity contribution in [2.24, 2.45) is 0 Å². The highest BCUT2D eigenvalue weighted by Crippen LogP contribution is 2.42. The number of hydrogen-bond acceptors (Lipinski definition) is 6. The molecule has 2 heterocycles. The van der Waals surface area contributed by atoms with Gasteiger partial charge in [-0.25, -0.2) is 18.7 Å². The van der Waals surface area contributed by atoms with Gasteiger partial charge >= 0.3 is 0 Å². The summed E-state index contributed by atoms with van der Waals surface area (Å²) < 4.78 is 26.4. The number of nitrogens with zero attached hydrogens (tertiary/aromatic N) is 3. The average Bonchev–Trinajstić information content (AvgIpc) is 2.88. The van der Waals surface area contributed by atoms with E-state index in [1.54, 1.807) is 0 Å². The van der Waals surface area contributed by atoms with Crippen LogP contribution in [0.4, 0.5) is 8.78 Å². The summed E-state index contributed by atoms with van der Waals surface area (Å²) in [6, 6.07) is 2.96. The zero-order valence-electron chi connectivity index (χ0n) is 12.9. The number of carbonyl (C=O) groups excluding carboxylic acids is 2. The van der Waals surface area contributed by atoms with Crippen LogP contribution in [0.1, 0.15) is 26.3 Å². The average molecular weight is 357 g/mol. The van der Waals surface area contributed by atoms with Gasteiger partial charge in [-0.2, -0.15) is 0 Å². The minimum Gasteiger partial charge on any atom is -0.505 e. The third-order valence-electron chi connectivity index (χ3n) is 4.11. The smallest absolute Gasteiger partial charge is 0.265 e. The van der Waals surface area contributed by atoms with Crippen LogP contribution >= 0.6 is 0 Å². The van der Waals surface area contributed by atoms with E-state index in [-0.39, 0.29) is 23.1 Å². The van der Waals surface area contributed by atoms with E-state index in [4.69, 9.17) is 0 Å². The molecule has 0 fully saturated rings. The van der Waals surface area contributed by atoms with E-state index in [0.29, 0.717) is 0 Å². The largest absolute Gasteiger partial charge is 0.505 e. The molecule has 9 heteroatoms. The lowest BCUT2D eigenvalue weighted by Crippen LogP contribution is -2.29. The summed E-state index contributed by atoms with van der Waals surface area (Å²) in [7, 11) is 0. The number of phenols is 2. The minimum atomic E-state index is -1.12. The number of aromatic nitrogens is 2. The fourth-order valence-corrected chi connectivity index (χ4v) is 2.90. The fourth-order valence-electron chi connectivity index (χ4n) is 2.90. The molecule has 1 aliphatic heterocycles.